The van der Waals surface area contributed by atoms with Crippen LogP contribution in [-0.2, 0) is 4.74 Å². The van der Waals surface area contributed by atoms with Gasteiger partial charge < -0.3 is 4.74 Å². The van der Waals surface area contributed by atoms with E-state index in [1.54, 1.807) is 0 Å². The molecule has 0 aliphatic carbocycles. The van der Waals surface area contributed by atoms with Gasteiger partial charge in [-0.05, 0) is 13.3 Å². The molecule has 1 atom stereocenters. The second kappa shape index (κ2) is 3.94. The zero-order valence-corrected chi connectivity index (χ0v) is 6.68. The standard InChI is InChI=1S/C8H16NO/c1-3-8(2)9-4-6-10-7-5-9/h8H,1,3-7H2,2H3. The maximum absolute atomic E-state index is 5.23. The van der Waals surface area contributed by atoms with Crippen molar-refractivity contribution in [1.82, 2.24) is 4.90 Å². The van der Waals surface area contributed by atoms with Crippen LogP contribution in [0.5, 0.6) is 0 Å². The van der Waals surface area contributed by atoms with Gasteiger partial charge in [0.1, 0.15) is 0 Å². The predicted octanol–water partition coefficient (Wildman–Crippen LogP) is 0.931. The zero-order valence-electron chi connectivity index (χ0n) is 6.68. The average molecular weight is 142 g/mol. The molecule has 1 rings (SSSR count). The van der Waals surface area contributed by atoms with Crippen LogP contribution in [0.15, 0.2) is 0 Å². The third-order valence-electron chi connectivity index (χ3n) is 2.09. The van der Waals surface area contributed by atoms with E-state index in [1.165, 1.54) is 0 Å². The molecule has 0 amide bonds. The molecule has 1 aliphatic rings. The lowest BCUT2D eigenvalue weighted by atomic mass is 10.2. The van der Waals surface area contributed by atoms with Gasteiger partial charge in [0.25, 0.3) is 0 Å². The SMILES string of the molecule is [CH2]CC(C)N1CCOCC1. The van der Waals surface area contributed by atoms with Crippen LogP contribution in [0.2, 0.25) is 0 Å². The Morgan fingerprint density at radius 3 is 2.60 bits per heavy atom. The van der Waals surface area contributed by atoms with Crippen LogP contribution in [-0.4, -0.2) is 37.2 Å². The molecule has 1 aliphatic heterocycles. The van der Waals surface area contributed by atoms with E-state index in [1.807, 2.05) is 0 Å². The zero-order chi connectivity index (χ0) is 7.40. The summed E-state index contributed by atoms with van der Waals surface area (Å²) in [5, 5.41) is 0. The maximum atomic E-state index is 5.23. The van der Waals surface area contributed by atoms with E-state index in [2.05, 4.69) is 18.7 Å². The number of hydrogen-bond donors (Lipinski definition) is 0. The van der Waals surface area contributed by atoms with E-state index < -0.39 is 0 Å². The Hall–Kier alpha value is -0.0800. The van der Waals surface area contributed by atoms with Crippen LogP contribution in [0.4, 0.5) is 0 Å². The molecule has 2 nitrogen and oxygen atoms in total. The normalized spacial score (nSPS) is 24.6. The van der Waals surface area contributed by atoms with Crippen molar-refractivity contribution in [3.63, 3.8) is 0 Å². The Bertz CT molecular complexity index is 89.3. The Morgan fingerprint density at radius 1 is 1.50 bits per heavy atom. The van der Waals surface area contributed by atoms with Crippen molar-refractivity contribution in [1.29, 1.82) is 0 Å². The summed E-state index contributed by atoms with van der Waals surface area (Å²) < 4.78 is 5.23. The third kappa shape index (κ3) is 1.96. The summed E-state index contributed by atoms with van der Waals surface area (Å²) in [4.78, 5) is 2.43. The van der Waals surface area contributed by atoms with Crippen molar-refractivity contribution in [2.75, 3.05) is 26.3 Å². The van der Waals surface area contributed by atoms with Crippen molar-refractivity contribution in [3.05, 3.63) is 6.92 Å². The first kappa shape index (κ1) is 8.02. The lowest BCUT2D eigenvalue weighted by molar-refractivity contribution is 0.0207. The summed E-state index contributed by atoms with van der Waals surface area (Å²) >= 11 is 0. The number of morpholine rings is 1. The molecule has 0 saturated carbocycles. The van der Waals surface area contributed by atoms with E-state index in [-0.39, 0.29) is 0 Å². The molecule has 59 valence electrons. The van der Waals surface area contributed by atoms with Crippen molar-refractivity contribution in [2.24, 2.45) is 0 Å². The van der Waals surface area contributed by atoms with Crippen LogP contribution in [0, 0.1) is 6.92 Å². The van der Waals surface area contributed by atoms with Gasteiger partial charge in [-0.3, -0.25) is 4.90 Å². The van der Waals surface area contributed by atoms with Crippen LogP contribution in [0.25, 0.3) is 0 Å². The van der Waals surface area contributed by atoms with E-state index in [4.69, 9.17) is 4.74 Å². The summed E-state index contributed by atoms with van der Waals surface area (Å²) in [6.45, 7) is 10.0. The minimum atomic E-state index is 0.629. The molecular formula is C8H16NO. The fourth-order valence-corrected chi connectivity index (χ4v) is 1.20. The first-order chi connectivity index (χ1) is 4.84. The number of nitrogens with zero attached hydrogens (tertiary/aromatic N) is 1. The van der Waals surface area contributed by atoms with E-state index in [9.17, 15) is 0 Å². The predicted molar refractivity (Wildman–Crippen MR) is 41.8 cm³/mol. The highest BCUT2D eigenvalue weighted by atomic mass is 16.5. The molecule has 10 heavy (non-hydrogen) atoms. The summed E-state index contributed by atoms with van der Waals surface area (Å²) in [5.74, 6) is 0. The molecule has 2 heteroatoms. The third-order valence-corrected chi connectivity index (χ3v) is 2.09. The van der Waals surface area contributed by atoms with Crippen LogP contribution < -0.4 is 0 Å². The maximum Gasteiger partial charge on any atom is 0.0594 e. The largest absolute Gasteiger partial charge is 0.379 e. The number of hydrogen-bond acceptors (Lipinski definition) is 2. The molecule has 0 aromatic carbocycles. The Kier molecular flexibility index (Phi) is 3.16. The molecular weight excluding hydrogens is 126 g/mol. The molecule has 0 N–H and O–H groups in total. The minimum absolute atomic E-state index is 0.629. The van der Waals surface area contributed by atoms with Gasteiger partial charge in [0.15, 0.2) is 0 Å². The second-order valence-electron chi connectivity index (χ2n) is 2.79. The molecule has 1 radical (unpaired) electrons. The molecule has 0 spiro atoms. The first-order valence-electron chi connectivity index (χ1n) is 3.95. The number of ether oxygens (including phenoxy) is 1. The van der Waals surface area contributed by atoms with Gasteiger partial charge in [-0.2, -0.15) is 0 Å². The van der Waals surface area contributed by atoms with Gasteiger partial charge in [-0.1, -0.05) is 6.92 Å². The Morgan fingerprint density at radius 2 is 2.10 bits per heavy atom. The Balaban J connectivity index is 2.24. The summed E-state index contributed by atoms with van der Waals surface area (Å²) in [5.41, 5.74) is 0. The fraction of sp³-hybridized carbons (Fsp3) is 0.875. The highest BCUT2D eigenvalue weighted by Gasteiger charge is 2.14. The molecule has 1 fully saturated rings. The van der Waals surface area contributed by atoms with Crippen molar-refractivity contribution in [3.8, 4) is 0 Å². The lowest BCUT2D eigenvalue weighted by Gasteiger charge is -2.31. The topological polar surface area (TPSA) is 12.5 Å². The quantitative estimate of drug-likeness (QED) is 0.568. The van der Waals surface area contributed by atoms with Gasteiger partial charge in [0.05, 0.1) is 13.2 Å². The van der Waals surface area contributed by atoms with Gasteiger partial charge in [-0.25, -0.2) is 0 Å². The van der Waals surface area contributed by atoms with Crippen molar-refractivity contribution in [2.45, 2.75) is 19.4 Å². The first-order valence-corrected chi connectivity index (χ1v) is 3.95. The van der Waals surface area contributed by atoms with E-state index >= 15 is 0 Å². The average Bonchev–Trinajstić information content (AvgIpc) is 2.05. The molecule has 1 unspecified atom stereocenters. The van der Waals surface area contributed by atoms with Crippen LogP contribution in [0.3, 0.4) is 0 Å². The number of rotatable bonds is 2. The van der Waals surface area contributed by atoms with Crippen LogP contribution >= 0.6 is 0 Å². The molecule has 0 bridgehead atoms. The molecule has 0 aromatic heterocycles. The monoisotopic (exact) mass is 142 g/mol. The van der Waals surface area contributed by atoms with Gasteiger partial charge in [0.2, 0.25) is 0 Å². The van der Waals surface area contributed by atoms with E-state index in [0.29, 0.717) is 6.04 Å². The Labute approximate surface area is 63.2 Å². The minimum Gasteiger partial charge on any atom is -0.379 e. The van der Waals surface area contributed by atoms with E-state index in [0.717, 1.165) is 32.7 Å². The molecule has 1 heterocycles. The van der Waals surface area contributed by atoms with Crippen molar-refractivity contribution >= 4 is 0 Å². The van der Waals surface area contributed by atoms with Crippen LogP contribution in [0.1, 0.15) is 13.3 Å². The lowest BCUT2D eigenvalue weighted by Crippen LogP contribution is -2.41. The highest BCUT2D eigenvalue weighted by molar-refractivity contribution is 4.70. The fourth-order valence-electron chi connectivity index (χ4n) is 1.20. The van der Waals surface area contributed by atoms with Gasteiger partial charge in [-0.15, -0.1) is 0 Å². The summed E-state index contributed by atoms with van der Waals surface area (Å²) in [6, 6.07) is 0.629. The molecule has 1 saturated heterocycles. The van der Waals surface area contributed by atoms with Gasteiger partial charge >= 0.3 is 0 Å². The van der Waals surface area contributed by atoms with Gasteiger partial charge in [0, 0.05) is 19.1 Å². The smallest absolute Gasteiger partial charge is 0.0594 e. The molecule has 0 aromatic rings. The second-order valence-corrected chi connectivity index (χ2v) is 2.79. The van der Waals surface area contributed by atoms with Crippen molar-refractivity contribution < 1.29 is 4.74 Å². The highest BCUT2D eigenvalue weighted by Crippen LogP contribution is 2.05. The summed E-state index contributed by atoms with van der Waals surface area (Å²) in [6.07, 6.45) is 1.00. The summed E-state index contributed by atoms with van der Waals surface area (Å²) in [7, 11) is 0.